The SMILES string of the molecule is CCOC(=O)C1(C(=O)OCC)N[C@@H](c2ccc(C(F)(F)F)cc2)C(c2ccccc2)(c2ccccc2)c2[nH]c3ccccc3c21. The molecule has 0 bridgehead atoms. The fourth-order valence-corrected chi connectivity index (χ4v) is 6.64. The fourth-order valence-electron chi connectivity index (χ4n) is 6.64. The van der Waals surface area contributed by atoms with Gasteiger partial charge in [-0.15, -0.1) is 0 Å². The first-order chi connectivity index (χ1) is 21.7. The van der Waals surface area contributed by atoms with Crippen molar-refractivity contribution in [1.82, 2.24) is 10.3 Å². The second-order valence-corrected chi connectivity index (χ2v) is 10.8. The standard InChI is InChI=1S/C36H31F3N2O4/c1-3-44-32(42)35(33(43)45-4-2)29-27-17-11-12-18-28(27)40-31(29)34(24-13-7-5-8-14-24,25-15-9-6-10-16-25)30(41-35)23-19-21-26(22-20-23)36(37,38)39/h5-22,30,40-41H,3-4H2,1-2H3/t30-/m0/s1. The zero-order valence-electron chi connectivity index (χ0n) is 24.7. The highest BCUT2D eigenvalue weighted by molar-refractivity contribution is 6.10. The third-order valence-corrected chi connectivity index (χ3v) is 8.46. The van der Waals surface area contributed by atoms with Crippen LogP contribution in [0.2, 0.25) is 0 Å². The third-order valence-electron chi connectivity index (χ3n) is 8.46. The number of esters is 2. The smallest absolute Gasteiger partial charge is 0.416 e. The van der Waals surface area contributed by atoms with Crippen LogP contribution in [0.5, 0.6) is 0 Å². The van der Waals surface area contributed by atoms with Crippen LogP contribution in [0, 0.1) is 0 Å². The molecule has 0 saturated heterocycles. The van der Waals surface area contributed by atoms with Crippen molar-refractivity contribution in [1.29, 1.82) is 0 Å². The molecule has 9 heteroatoms. The van der Waals surface area contributed by atoms with Crippen molar-refractivity contribution in [2.75, 3.05) is 13.2 Å². The molecule has 0 saturated carbocycles. The van der Waals surface area contributed by atoms with E-state index in [1.807, 2.05) is 84.9 Å². The van der Waals surface area contributed by atoms with E-state index in [-0.39, 0.29) is 13.2 Å². The van der Waals surface area contributed by atoms with Crippen LogP contribution in [0.1, 0.15) is 53.4 Å². The van der Waals surface area contributed by atoms with E-state index in [0.29, 0.717) is 27.7 Å². The van der Waals surface area contributed by atoms with Gasteiger partial charge in [-0.1, -0.05) is 91.0 Å². The van der Waals surface area contributed by atoms with Crippen molar-refractivity contribution in [3.63, 3.8) is 0 Å². The van der Waals surface area contributed by atoms with Gasteiger partial charge in [-0.05, 0) is 48.7 Å². The molecular formula is C36H31F3N2O4. The minimum Gasteiger partial charge on any atom is -0.464 e. The number of rotatable bonds is 7. The minimum absolute atomic E-state index is 0.0210. The zero-order valence-corrected chi connectivity index (χ0v) is 24.7. The number of hydrogen-bond donors (Lipinski definition) is 2. The first-order valence-electron chi connectivity index (χ1n) is 14.7. The van der Waals surface area contributed by atoms with Gasteiger partial charge in [-0.25, -0.2) is 9.59 Å². The summed E-state index contributed by atoms with van der Waals surface area (Å²) >= 11 is 0. The lowest BCUT2D eigenvalue weighted by Gasteiger charge is -2.51. The highest BCUT2D eigenvalue weighted by atomic mass is 19.4. The van der Waals surface area contributed by atoms with Crippen molar-refractivity contribution >= 4 is 22.8 Å². The Morgan fingerprint density at radius 1 is 0.733 bits per heavy atom. The van der Waals surface area contributed by atoms with Gasteiger partial charge < -0.3 is 14.5 Å². The lowest BCUT2D eigenvalue weighted by molar-refractivity contribution is -0.168. The van der Waals surface area contributed by atoms with E-state index in [0.717, 1.165) is 23.3 Å². The third kappa shape index (κ3) is 4.69. The molecule has 1 aliphatic heterocycles. The van der Waals surface area contributed by atoms with Crippen LogP contribution < -0.4 is 5.32 Å². The van der Waals surface area contributed by atoms with E-state index < -0.39 is 40.7 Å². The molecule has 0 unspecified atom stereocenters. The number of aromatic nitrogens is 1. The summed E-state index contributed by atoms with van der Waals surface area (Å²) in [5, 5.41) is 3.98. The lowest BCUT2D eigenvalue weighted by Crippen LogP contribution is -2.65. The number of ether oxygens (including phenoxy) is 2. The summed E-state index contributed by atoms with van der Waals surface area (Å²) in [6.07, 6.45) is -4.56. The number of H-pyrrole nitrogens is 1. The molecule has 0 radical (unpaired) electrons. The Morgan fingerprint density at radius 2 is 1.24 bits per heavy atom. The van der Waals surface area contributed by atoms with Crippen LogP contribution >= 0.6 is 0 Å². The number of carbonyl (C=O) groups excluding carboxylic acids is 2. The van der Waals surface area contributed by atoms with E-state index in [9.17, 15) is 22.8 Å². The second kappa shape index (κ2) is 11.6. The highest BCUT2D eigenvalue weighted by Crippen LogP contribution is 2.57. The Morgan fingerprint density at radius 3 is 1.76 bits per heavy atom. The van der Waals surface area contributed by atoms with E-state index >= 15 is 0 Å². The number of para-hydroxylation sites is 1. The molecule has 6 nitrogen and oxygen atoms in total. The van der Waals surface area contributed by atoms with Gasteiger partial charge in [-0.3, -0.25) is 5.32 Å². The number of fused-ring (bicyclic) bond motifs is 3. The minimum atomic E-state index is -4.56. The van der Waals surface area contributed by atoms with Gasteiger partial charge in [0, 0.05) is 22.2 Å². The largest absolute Gasteiger partial charge is 0.464 e. The number of hydrogen-bond acceptors (Lipinski definition) is 5. The van der Waals surface area contributed by atoms with Crippen LogP contribution in [0.4, 0.5) is 13.2 Å². The quantitative estimate of drug-likeness (QED) is 0.150. The maximum Gasteiger partial charge on any atom is 0.416 e. The van der Waals surface area contributed by atoms with Crippen LogP contribution in [-0.4, -0.2) is 30.1 Å². The molecule has 0 aliphatic carbocycles. The van der Waals surface area contributed by atoms with Gasteiger partial charge >= 0.3 is 18.1 Å². The maximum absolute atomic E-state index is 14.2. The van der Waals surface area contributed by atoms with Crippen LogP contribution in [0.25, 0.3) is 10.9 Å². The van der Waals surface area contributed by atoms with Crippen LogP contribution in [0.15, 0.2) is 109 Å². The Bertz CT molecular complexity index is 1780. The molecule has 2 heterocycles. The molecule has 5 aromatic rings. The summed E-state index contributed by atoms with van der Waals surface area (Å²) < 4.78 is 52.3. The molecule has 0 spiro atoms. The first kappa shape index (κ1) is 30.1. The number of alkyl halides is 3. The van der Waals surface area contributed by atoms with E-state index in [1.54, 1.807) is 13.8 Å². The number of carbonyl (C=O) groups is 2. The molecule has 1 aliphatic rings. The topological polar surface area (TPSA) is 80.4 Å². The molecule has 6 rings (SSSR count). The Hall–Kier alpha value is -4.89. The maximum atomic E-state index is 14.2. The number of aromatic amines is 1. The summed E-state index contributed by atoms with van der Waals surface area (Å²) in [6.45, 7) is 3.24. The molecular weight excluding hydrogens is 581 g/mol. The molecule has 1 aromatic heterocycles. The lowest BCUT2D eigenvalue weighted by atomic mass is 9.59. The van der Waals surface area contributed by atoms with Crippen molar-refractivity contribution in [3.05, 3.63) is 143 Å². The Kier molecular flexibility index (Phi) is 7.74. The summed E-state index contributed by atoms with van der Waals surface area (Å²) in [4.78, 5) is 32.0. The number of halogens is 3. The molecule has 45 heavy (non-hydrogen) atoms. The van der Waals surface area contributed by atoms with Gasteiger partial charge in [0.05, 0.1) is 30.2 Å². The van der Waals surface area contributed by atoms with Crippen molar-refractivity contribution < 1.29 is 32.2 Å². The second-order valence-electron chi connectivity index (χ2n) is 10.8. The summed E-state index contributed by atoms with van der Waals surface area (Å²) in [6, 6.07) is 30.1. The predicted octanol–water partition coefficient (Wildman–Crippen LogP) is 7.19. The van der Waals surface area contributed by atoms with Crippen molar-refractivity contribution in [2.45, 2.75) is 37.0 Å². The molecule has 4 aromatic carbocycles. The average Bonchev–Trinajstić information content (AvgIpc) is 3.45. The van der Waals surface area contributed by atoms with Gasteiger partial charge in [0.1, 0.15) is 0 Å². The fraction of sp³-hybridized carbons (Fsp3) is 0.222. The van der Waals surface area contributed by atoms with Gasteiger partial charge in [0.15, 0.2) is 0 Å². The summed E-state index contributed by atoms with van der Waals surface area (Å²) in [5.41, 5.74) is -0.673. The van der Waals surface area contributed by atoms with E-state index in [1.165, 1.54) is 12.1 Å². The Labute approximate surface area is 258 Å². The van der Waals surface area contributed by atoms with Gasteiger partial charge in [0.25, 0.3) is 0 Å². The van der Waals surface area contributed by atoms with Crippen LogP contribution in [0.3, 0.4) is 0 Å². The van der Waals surface area contributed by atoms with E-state index in [4.69, 9.17) is 9.47 Å². The molecule has 0 fully saturated rings. The molecule has 1 atom stereocenters. The average molecular weight is 613 g/mol. The number of nitrogens with one attached hydrogen (secondary N) is 2. The molecule has 2 N–H and O–H groups in total. The zero-order chi connectivity index (χ0) is 31.8. The van der Waals surface area contributed by atoms with Gasteiger partial charge in [-0.2, -0.15) is 13.2 Å². The van der Waals surface area contributed by atoms with E-state index in [2.05, 4.69) is 10.3 Å². The summed E-state index contributed by atoms with van der Waals surface area (Å²) in [7, 11) is 0. The van der Waals surface area contributed by atoms with Crippen LogP contribution in [-0.2, 0) is 36.2 Å². The Balaban J connectivity index is 1.81. The van der Waals surface area contributed by atoms with Crippen molar-refractivity contribution in [3.8, 4) is 0 Å². The number of benzene rings is 4. The normalized spacial score (nSPS) is 17.0. The monoisotopic (exact) mass is 612 g/mol. The summed E-state index contributed by atoms with van der Waals surface area (Å²) in [5.74, 6) is -1.75. The highest BCUT2D eigenvalue weighted by Gasteiger charge is 2.64. The van der Waals surface area contributed by atoms with Crippen molar-refractivity contribution in [2.24, 2.45) is 0 Å². The predicted molar refractivity (Wildman–Crippen MR) is 163 cm³/mol. The molecule has 230 valence electrons. The first-order valence-corrected chi connectivity index (χ1v) is 14.7. The molecule has 0 amide bonds. The van der Waals surface area contributed by atoms with Gasteiger partial charge in [0.2, 0.25) is 5.54 Å².